The number of carbonyl (C=O) groups excluding carboxylic acids is 4. The number of allylic oxidation sites excluding steroid dienone is 1. The highest BCUT2D eigenvalue weighted by atomic mass is 32.2. The van der Waals surface area contributed by atoms with Gasteiger partial charge in [-0.15, -0.1) is 0 Å². The Labute approximate surface area is 357 Å². The van der Waals surface area contributed by atoms with E-state index in [2.05, 4.69) is 15.4 Å². The summed E-state index contributed by atoms with van der Waals surface area (Å²) >= 11 is 0. The summed E-state index contributed by atoms with van der Waals surface area (Å²) in [5, 5.41) is 22.2. The maximum Gasteiger partial charge on any atom is 0.408 e. The van der Waals surface area contributed by atoms with Gasteiger partial charge < -0.3 is 25.0 Å². The van der Waals surface area contributed by atoms with Crippen LogP contribution >= 0.6 is 0 Å². The van der Waals surface area contributed by atoms with Crippen molar-refractivity contribution in [2.75, 3.05) is 6.54 Å². The first kappa shape index (κ1) is 41.3. The van der Waals surface area contributed by atoms with Crippen LogP contribution < -0.4 is 20.1 Å². The van der Waals surface area contributed by atoms with Crippen LogP contribution in [-0.2, 0) is 29.1 Å². The average Bonchev–Trinajstić information content (AvgIpc) is 4.06. The molecule has 18 nitrogen and oxygen atoms in total. The lowest BCUT2D eigenvalue weighted by Crippen LogP contribution is -2.58. The van der Waals surface area contributed by atoms with Crippen molar-refractivity contribution in [3.8, 4) is 17.1 Å². The predicted molar refractivity (Wildman–Crippen MR) is 224 cm³/mol. The Bertz CT molecular complexity index is 2590. The molecule has 3 aliphatic carbocycles. The highest BCUT2D eigenvalue weighted by Crippen LogP contribution is 2.46. The van der Waals surface area contributed by atoms with Gasteiger partial charge in [-0.05, 0) is 76.3 Å². The molecule has 0 bridgehead atoms. The van der Waals surface area contributed by atoms with Crippen LogP contribution in [0.5, 0.6) is 5.88 Å². The summed E-state index contributed by atoms with van der Waals surface area (Å²) in [6, 6.07) is 12.7. The number of fused-ring (bicyclic) bond motifs is 5. The van der Waals surface area contributed by atoms with Gasteiger partial charge in [-0.3, -0.25) is 29.2 Å². The Hall–Kier alpha value is -6.11. The smallest absolute Gasteiger partial charge is 0.408 e. The third kappa shape index (κ3) is 8.41. The van der Waals surface area contributed by atoms with Crippen molar-refractivity contribution in [2.24, 2.45) is 5.92 Å². The summed E-state index contributed by atoms with van der Waals surface area (Å²) in [5.41, 5.74) is 0.127. The van der Waals surface area contributed by atoms with E-state index >= 15 is 0 Å². The number of sulfonamides is 1. The highest BCUT2D eigenvalue weighted by Gasteiger charge is 2.62. The second kappa shape index (κ2) is 16.6. The Morgan fingerprint density at radius 3 is 2.53 bits per heavy atom. The fraction of sp³-hybridized carbons (Fsp3) is 0.488. The molecule has 2 aromatic carbocycles. The number of nitrogens with zero attached hydrogens (tertiary/aromatic N) is 5. The lowest BCUT2D eigenvalue weighted by Gasteiger charge is -2.30. The molecular formula is C43H48N8O10S. The second-order valence-corrected chi connectivity index (χ2v) is 19.0. The first-order valence-electron chi connectivity index (χ1n) is 21.4. The summed E-state index contributed by atoms with van der Waals surface area (Å²) < 4.78 is 42.0. The maximum atomic E-state index is 14.8. The quantitative estimate of drug-likeness (QED) is 0.116. The number of hydrogen-bond acceptors (Lipinski definition) is 12. The molecule has 5 aliphatic rings. The van der Waals surface area contributed by atoms with Crippen LogP contribution in [-0.4, -0.2) is 98.3 Å². The normalized spacial score (nSPS) is 25.9. The number of aromatic nitrogens is 3. The van der Waals surface area contributed by atoms with E-state index in [9.17, 15) is 37.7 Å². The number of non-ortho nitro benzene ring substituents is 1. The van der Waals surface area contributed by atoms with E-state index in [1.54, 1.807) is 18.2 Å². The Morgan fingerprint density at radius 2 is 1.74 bits per heavy atom. The standard InChI is InChI=1S/C43H48N8O10S/c52-39-36-22-30(60-37-23-35(26-11-10-13-28(21-26)51(56)57)44-38-32-16-8-9-17-33(32)47-50(37)38)25-49(36)40(53)34(45-42(55)61-29-14-6-7-15-29)18-5-3-1-2-4-12-27-24-43(27,46-39)41(54)48-62(58,59)31-19-20-31/h4,8-13,16-17,21,23,27,29-31,34,36H,1-3,5-7,14-15,18-20,22,24-25H2,(H,45,55)(H,46,52)(H,48,54)/t27-,30-,34+,36+,43-/m1/s1. The number of carbonyl (C=O) groups is 4. The minimum absolute atomic E-state index is 0.0495. The third-order valence-electron chi connectivity index (χ3n) is 12.6. The van der Waals surface area contributed by atoms with Crippen molar-refractivity contribution < 1.29 is 42.0 Å². The third-order valence-corrected chi connectivity index (χ3v) is 14.4. The molecular weight excluding hydrogens is 821 g/mol. The van der Waals surface area contributed by atoms with Gasteiger partial charge in [-0.2, -0.15) is 9.61 Å². The molecule has 2 aromatic heterocycles. The molecule has 4 fully saturated rings. The molecule has 9 rings (SSSR count). The Kier molecular flexibility index (Phi) is 11.1. The van der Waals surface area contributed by atoms with Crippen LogP contribution in [0, 0.1) is 16.0 Å². The van der Waals surface area contributed by atoms with Crippen LogP contribution in [0.25, 0.3) is 27.8 Å². The maximum absolute atomic E-state index is 14.8. The first-order chi connectivity index (χ1) is 29.9. The first-order valence-corrected chi connectivity index (χ1v) is 23.0. The van der Waals surface area contributed by atoms with Crippen molar-refractivity contribution in [1.29, 1.82) is 0 Å². The zero-order valence-electron chi connectivity index (χ0n) is 33.9. The number of nitro groups is 1. The van der Waals surface area contributed by atoms with Crippen molar-refractivity contribution in [3.05, 3.63) is 76.9 Å². The minimum atomic E-state index is -3.94. The van der Waals surface area contributed by atoms with E-state index < -0.39 is 73.7 Å². The van der Waals surface area contributed by atoms with E-state index in [4.69, 9.17) is 19.6 Å². The van der Waals surface area contributed by atoms with Gasteiger partial charge in [0.1, 0.15) is 29.8 Å². The second-order valence-electron chi connectivity index (χ2n) is 17.0. The number of nitro benzene ring substituents is 1. The number of benzene rings is 2. The van der Waals surface area contributed by atoms with Crippen LogP contribution in [0.4, 0.5) is 10.5 Å². The van der Waals surface area contributed by atoms with Crippen molar-refractivity contribution >= 4 is 56.1 Å². The fourth-order valence-electron chi connectivity index (χ4n) is 8.97. The molecule has 2 aliphatic heterocycles. The zero-order chi connectivity index (χ0) is 43.2. The molecule has 4 heterocycles. The number of rotatable bonds is 9. The van der Waals surface area contributed by atoms with E-state index in [-0.39, 0.29) is 43.5 Å². The summed E-state index contributed by atoms with van der Waals surface area (Å²) in [7, 11) is -3.94. The van der Waals surface area contributed by atoms with Crippen LogP contribution in [0.2, 0.25) is 0 Å². The van der Waals surface area contributed by atoms with Gasteiger partial charge in [0.25, 0.3) is 11.6 Å². The minimum Gasteiger partial charge on any atom is -0.472 e. The molecule has 19 heteroatoms. The molecule has 4 amide bonds. The van der Waals surface area contributed by atoms with Crippen LogP contribution in [0.3, 0.4) is 0 Å². The van der Waals surface area contributed by atoms with Gasteiger partial charge in [0.2, 0.25) is 27.7 Å². The average molecular weight is 869 g/mol. The molecule has 4 aromatic rings. The number of amides is 4. The van der Waals surface area contributed by atoms with E-state index in [0.717, 1.165) is 38.5 Å². The highest BCUT2D eigenvalue weighted by molar-refractivity contribution is 7.91. The Balaban J connectivity index is 1.06. The summed E-state index contributed by atoms with van der Waals surface area (Å²) in [5.74, 6) is -2.32. The van der Waals surface area contributed by atoms with Crippen molar-refractivity contribution in [2.45, 2.75) is 119 Å². The molecule has 3 N–H and O–H groups in total. The molecule has 0 spiro atoms. The number of nitrogens with one attached hydrogen (secondary N) is 3. The van der Waals surface area contributed by atoms with E-state index in [1.165, 1.54) is 21.5 Å². The fourth-order valence-corrected chi connectivity index (χ4v) is 10.3. The predicted octanol–water partition coefficient (Wildman–Crippen LogP) is 4.85. The summed E-state index contributed by atoms with van der Waals surface area (Å²) in [6.07, 6.45) is 9.39. The zero-order valence-corrected chi connectivity index (χ0v) is 34.8. The lowest BCUT2D eigenvalue weighted by molar-refractivity contribution is -0.384. The molecule has 5 atom stereocenters. The number of ether oxygens (including phenoxy) is 2. The van der Waals surface area contributed by atoms with Crippen LogP contribution in [0.15, 0.2) is 66.7 Å². The number of hydrogen-bond donors (Lipinski definition) is 3. The molecule has 62 heavy (non-hydrogen) atoms. The Morgan fingerprint density at radius 1 is 0.952 bits per heavy atom. The molecule has 0 radical (unpaired) electrons. The lowest BCUT2D eigenvalue weighted by atomic mass is 10.0. The molecule has 326 valence electrons. The monoisotopic (exact) mass is 868 g/mol. The largest absolute Gasteiger partial charge is 0.472 e. The molecule has 1 saturated heterocycles. The van der Waals surface area contributed by atoms with Crippen molar-refractivity contribution in [3.63, 3.8) is 0 Å². The van der Waals surface area contributed by atoms with Gasteiger partial charge in [-0.1, -0.05) is 49.3 Å². The number of alkyl carbamates (subject to hydrolysis) is 1. The van der Waals surface area contributed by atoms with E-state index in [0.29, 0.717) is 53.5 Å². The summed E-state index contributed by atoms with van der Waals surface area (Å²) in [6.45, 7) is -0.109. The van der Waals surface area contributed by atoms with Gasteiger partial charge in [-0.25, -0.2) is 18.2 Å². The van der Waals surface area contributed by atoms with Gasteiger partial charge >= 0.3 is 6.09 Å². The van der Waals surface area contributed by atoms with Crippen molar-refractivity contribution in [1.82, 2.24) is 34.9 Å². The topological polar surface area (TPSA) is 234 Å². The summed E-state index contributed by atoms with van der Waals surface area (Å²) in [4.78, 5) is 74.0. The SMILES string of the molecule is O=C(N[C@H]1CCCCCC=C[C@@H]2C[C@@]2(C(=O)NS(=O)(=O)C2CC2)NC(=O)[C@@H]2C[C@@H](Oc3cc(-c4cccc([N+](=O)[O-])c4)nc4c5ccccc5nn34)CN2C1=O)OC1CCCC1. The van der Waals surface area contributed by atoms with Gasteiger partial charge in [0.05, 0.1) is 27.9 Å². The van der Waals surface area contributed by atoms with Gasteiger partial charge in [0, 0.05) is 41.5 Å². The molecule has 0 unspecified atom stereocenters. The van der Waals surface area contributed by atoms with Gasteiger partial charge in [0.15, 0.2) is 5.65 Å². The van der Waals surface area contributed by atoms with E-state index in [1.807, 2.05) is 36.4 Å². The van der Waals surface area contributed by atoms with Crippen LogP contribution in [0.1, 0.15) is 83.5 Å². The molecule has 3 saturated carbocycles.